The zero-order valence-corrected chi connectivity index (χ0v) is 15.6. The molecule has 4 rings (SSSR count). The molecule has 0 fully saturated rings. The van der Waals surface area contributed by atoms with Crippen molar-refractivity contribution in [1.29, 1.82) is 0 Å². The van der Waals surface area contributed by atoms with E-state index in [0.717, 1.165) is 23.4 Å². The van der Waals surface area contributed by atoms with E-state index in [2.05, 4.69) is 31.7 Å². The summed E-state index contributed by atoms with van der Waals surface area (Å²) in [5, 5.41) is 9.66. The minimum atomic E-state index is -0.170. The second kappa shape index (κ2) is 7.59. The first-order valence-electron chi connectivity index (χ1n) is 8.68. The van der Waals surface area contributed by atoms with Gasteiger partial charge in [0.15, 0.2) is 5.13 Å². The van der Waals surface area contributed by atoms with Crippen molar-refractivity contribution in [2.24, 2.45) is 0 Å². The van der Waals surface area contributed by atoms with E-state index in [1.54, 1.807) is 5.38 Å². The molecule has 1 amide bonds. The lowest BCUT2D eigenvalue weighted by Gasteiger charge is -2.03. The van der Waals surface area contributed by atoms with Crippen molar-refractivity contribution in [3.05, 3.63) is 71.0 Å². The van der Waals surface area contributed by atoms with Crippen LogP contribution in [0.2, 0.25) is 0 Å². The molecule has 4 aromatic rings. The number of aryl methyl sites for hydroxylation is 1. The van der Waals surface area contributed by atoms with Crippen LogP contribution in [-0.2, 0) is 6.42 Å². The molecule has 0 aliphatic heterocycles. The lowest BCUT2D eigenvalue weighted by Crippen LogP contribution is -2.25. The average Bonchev–Trinajstić information content (AvgIpc) is 3.29. The molecular formula is C20H19N5OS. The van der Waals surface area contributed by atoms with E-state index < -0.39 is 0 Å². The molecule has 0 radical (unpaired) electrons. The van der Waals surface area contributed by atoms with Gasteiger partial charge in [0, 0.05) is 34.7 Å². The van der Waals surface area contributed by atoms with E-state index in [-0.39, 0.29) is 5.91 Å². The second-order valence-electron chi connectivity index (χ2n) is 6.19. The fraction of sp³-hybridized carbons (Fsp3) is 0.150. The number of pyridine rings is 1. The van der Waals surface area contributed by atoms with Crippen LogP contribution in [0.15, 0.2) is 54.0 Å². The SMILES string of the molecule is Cc1cccc(Nc2nc(C(=O)NCCc3c[nH]c4ccccc34)cs2)n1. The Kier molecular flexibility index (Phi) is 4.84. The molecule has 0 aliphatic carbocycles. The van der Waals surface area contributed by atoms with Gasteiger partial charge in [-0.15, -0.1) is 11.3 Å². The molecule has 0 spiro atoms. The van der Waals surface area contributed by atoms with Crippen LogP contribution in [0.1, 0.15) is 21.7 Å². The second-order valence-corrected chi connectivity index (χ2v) is 7.05. The summed E-state index contributed by atoms with van der Waals surface area (Å²) < 4.78 is 0. The third-order valence-corrected chi connectivity index (χ3v) is 4.97. The molecule has 27 heavy (non-hydrogen) atoms. The largest absolute Gasteiger partial charge is 0.361 e. The van der Waals surface area contributed by atoms with Crippen LogP contribution >= 0.6 is 11.3 Å². The number of fused-ring (bicyclic) bond motifs is 1. The highest BCUT2D eigenvalue weighted by Crippen LogP contribution is 2.20. The third-order valence-electron chi connectivity index (χ3n) is 4.21. The van der Waals surface area contributed by atoms with E-state index in [4.69, 9.17) is 0 Å². The molecule has 0 saturated heterocycles. The highest BCUT2D eigenvalue weighted by molar-refractivity contribution is 7.14. The van der Waals surface area contributed by atoms with Crippen LogP contribution in [0.25, 0.3) is 10.9 Å². The van der Waals surface area contributed by atoms with Gasteiger partial charge in [0.2, 0.25) is 0 Å². The Labute approximate surface area is 160 Å². The van der Waals surface area contributed by atoms with Crippen molar-refractivity contribution in [2.75, 3.05) is 11.9 Å². The number of nitrogens with zero attached hydrogens (tertiary/aromatic N) is 2. The van der Waals surface area contributed by atoms with E-state index in [0.29, 0.717) is 17.4 Å². The Bertz CT molecular complexity index is 1080. The van der Waals surface area contributed by atoms with E-state index in [1.807, 2.05) is 49.5 Å². The quantitative estimate of drug-likeness (QED) is 0.473. The molecule has 0 aliphatic rings. The van der Waals surface area contributed by atoms with Crippen molar-refractivity contribution in [1.82, 2.24) is 20.3 Å². The predicted molar refractivity (Wildman–Crippen MR) is 109 cm³/mol. The standard InChI is InChI=1S/C20H19N5OS/c1-13-5-4-8-18(23-13)25-20-24-17(12-27-20)19(26)21-10-9-14-11-22-16-7-3-2-6-15(14)16/h2-8,11-12,22H,9-10H2,1H3,(H,21,26)(H,23,24,25). The number of nitrogens with one attached hydrogen (secondary N) is 3. The summed E-state index contributed by atoms with van der Waals surface area (Å²) in [6.07, 6.45) is 2.76. The molecule has 0 bridgehead atoms. The van der Waals surface area contributed by atoms with Gasteiger partial charge >= 0.3 is 0 Å². The average molecular weight is 377 g/mol. The maximum Gasteiger partial charge on any atom is 0.270 e. The molecule has 136 valence electrons. The Morgan fingerprint density at radius 3 is 2.93 bits per heavy atom. The molecule has 0 unspecified atom stereocenters. The van der Waals surface area contributed by atoms with E-state index in [1.165, 1.54) is 22.3 Å². The van der Waals surface area contributed by atoms with Gasteiger partial charge in [0.25, 0.3) is 5.91 Å². The zero-order chi connectivity index (χ0) is 18.6. The van der Waals surface area contributed by atoms with Crippen molar-refractivity contribution in [3.8, 4) is 0 Å². The maximum atomic E-state index is 12.3. The van der Waals surface area contributed by atoms with Crippen molar-refractivity contribution >= 4 is 39.1 Å². The lowest BCUT2D eigenvalue weighted by atomic mass is 10.1. The summed E-state index contributed by atoms with van der Waals surface area (Å²) in [5.41, 5.74) is 3.64. The Hall–Kier alpha value is -3.19. The van der Waals surface area contributed by atoms with Gasteiger partial charge in [-0.3, -0.25) is 4.79 Å². The number of aromatic nitrogens is 3. The fourth-order valence-electron chi connectivity index (χ4n) is 2.90. The molecule has 0 atom stereocenters. The van der Waals surface area contributed by atoms with Crippen LogP contribution in [0.3, 0.4) is 0 Å². The molecule has 6 nitrogen and oxygen atoms in total. The van der Waals surface area contributed by atoms with Gasteiger partial charge in [-0.1, -0.05) is 24.3 Å². The summed E-state index contributed by atoms with van der Waals surface area (Å²) in [6.45, 7) is 2.49. The number of rotatable bonds is 6. The van der Waals surface area contributed by atoms with Gasteiger partial charge in [-0.05, 0) is 37.1 Å². The number of amides is 1. The number of carbonyl (C=O) groups excluding carboxylic acids is 1. The number of H-pyrrole nitrogens is 1. The molecule has 7 heteroatoms. The number of thiazole rings is 1. The van der Waals surface area contributed by atoms with Crippen LogP contribution < -0.4 is 10.6 Å². The van der Waals surface area contributed by atoms with Crippen LogP contribution in [0.4, 0.5) is 10.9 Å². The molecule has 3 heterocycles. The third kappa shape index (κ3) is 3.98. The highest BCUT2D eigenvalue weighted by Gasteiger charge is 2.11. The normalized spacial score (nSPS) is 10.9. The molecule has 3 N–H and O–H groups in total. The van der Waals surface area contributed by atoms with Crippen molar-refractivity contribution < 1.29 is 4.79 Å². The summed E-state index contributed by atoms with van der Waals surface area (Å²) in [7, 11) is 0. The van der Waals surface area contributed by atoms with E-state index >= 15 is 0 Å². The molecule has 1 aromatic carbocycles. The first-order valence-corrected chi connectivity index (χ1v) is 9.56. The predicted octanol–water partition coefficient (Wildman–Crippen LogP) is 4.04. The van der Waals surface area contributed by atoms with E-state index in [9.17, 15) is 4.79 Å². The topological polar surface area (TPSA) is 82.7 Å². The number of carbonyl (C=O) groups is 1. The minimum Gasteiger partial charge on any atom is -0.361 e. The number of aromatic amines is 1. The van der Waals surface area contributed by atoms with Crippen LogP contribution in [0.5, 0.6) is 0 Å². The first-order chi connectivity index (χ1) is 13.2. The maximum absolute atomic E-state index is 12.3. The highest BCUT2D eigenvalue weighted by atomic mass is 32.1. The summed E-state index contributed by atoms with van der Waals surface area (Å²) in [6, 6.07) is 13.9. The van der Waals surface area contributed by atoms with Crippen molar-refractivity contribution in [2.45, 2.75) is 13.3 Å². The van der Waals surface area contributed by atoms with Crippen LogP contribution in [0, 0.1) is 6.92 Å². The zero-order valence-electron chi connectivity index (χ0n) is 14.8. The number of benzene rings is 1. The van der Waals surface area contributed by atoms with Crippen LogP contribution in [-0.4, -0.2) is 27.4 Å². The Morgan fingerprint density at radius 1 is 1.15 bits per heavy atom. The van der Waals surface area contributed by atoms with Gasteiger partial charge in [-0.25, -0.2) is 9.97 Å². The number of hydrogen-bond donors (Lipinski definition) is 3. The molecule has 0 saturated carbocycles. The lowest BCUT2D eigenvalue weighted by molar-refractivity contribution is 0.0950. The summed E-state index contributed by atoms with van der Waals surface area (Å²) in [4.78, 5) is 24.3. The molecule has 3 aromatic heterocycles. The van der Waals surface area contributed by atoms with Crippen molar-refractivity contribution in [3.63, 3.8) is 0 Å². The number of anilines is 2. The van der Waals surface area contributed by atoms with Gasteiger partial charge in [-0.2, -0.15) is 0 Å². The Morgan fingerprint density at radius 2 is 2.04 bits per heavy atom. The summed E-state index contributed by atoms with van der Waals surface area (Å²) in [5.74, 6) is 0.548. The van der Waals surface area contributed by atoms with Gasteiger partial charge < -0.3 is 15.6 Å². The Balaban J connectivity index is 1.34. The summed E-state index contributed by atoms with van der Waals surface area (Å²) >= 11 is 1.38. The fourth-order valence-corrected chi connectivity index (χ4v) is 3.59. The number of para-hydroxylation sites is 1. The number of hydrogen-bond acceptors (Lipinski definition) is 5. The molecular weight excluding hydrogens is 358 g/mol. The van der Waals surface area contributed by atoms with Gasteiger partial charge in [0.1, 0.15) is 11.5 Å². The smallest absolute Gasteiger partial charge is 0.270 e. The van der Waals surface area contributed by atoms with Gasteiger partial charge in [0.05, 0.1) is 0 Å². The minimum absolute atomic E-state index is 0.170. The monoisotopic (exact) mass is 377 g/mol. The first kappa shape index (κ1) is 17.2.